The number of hydrogen-bond acceptors (Lipinski definition) is 5. The van der Waals surface area contributed by atoms with Gasteiger partial charge in [0.25, 0.3) is 0 Å². The zero-order valence-corrected chi connectivity index (χ0v) is 24.0. The molecule has 11 heteroatoms. The molecule has 1 aliphatic carbocycles. The number of hydrogen-bond donors (Lipinski definition) is 1. The van der Waals surface area contributed by atoms with Crippen LogP contribution in [0.4, 0.5) is 13.2 Å². The lowest BCUT2D eigenvalue weighted by Crippen LogP contribution is -2.19. The SMILES string of the molecule is CCOC(=O)c1c(CSc2cccc(C(F)(F)F)c2)n(C2CC2)c2cc(Br)c(O)c(CN3CCCC3)c12.Cl. The Labute approximate surface area is 238 Å². The first-order valence-electron chi connectivity index (χ1n) is 12.5. The first-order chi connectivity index (χ1) is 17.7. The van der Waals surface area contributed by atoms with Crippen LogP contribution in [0.2, 0.25) is 0 Å². The van der Waals surface area contributed by atoms with Crippen molar-refractivity contribution >= 4 is 57.0 Å². The van der Waals surface area contributed by atoms with Gasteiger partial charge >= 0.3 is 12.1 Å². The molecule has 1 saturated carbocycles. The second-order valence-corrected chi connectivity index (χ2v) is 11.4. The van der Waals surface area contributed by atoms with Gasteiger partial charge in [0, 0.05) is 39.9 Å². The predicted molar refractivity (Wildman–Crippen MR) is 148 cm³/mol. The number of carbonyl (C=O) groups is 1. The topological polar surface area (TPSA) is 54.7 Å². The Bertz CT molecular complexity index is 1340. The molecule has 5 rings (SSSR count). The number of aromatic hydroxyl groups is 1. The van der Waals surface area contributed by atoms with Crippen molar-refractivity contribution < 1.29 is 27.8 Å². The second-order valence-electron chi connectivity index (χ2n) is 9.52. The van der Waals surface area contributed by atoms with E-state index in [2.05, 4.69) is 25.4 Å². The maximum atomic E-state index is 13.4. The van der Waals surface area contributed by atoms with E-state index in [0.29, 0.717) is 38.2 Å². The average Bonchev–Trinajstić information content (AvgIpc) is 3.45. The number of ether oxygens (including phenoxy) is 1. The molecule has 2 aromatic carbocycles. The third-order valence-electron chi connectivity index (χ3n) is 6.93. The van der Waals surface area contributed by atoms with Gasteiger partial charge in [-0.05, 0) is 85.9 Å². The molecule has 0 unspecified atom stereocenters. The summed E-state index contributed by atoms with van der Waals surface area (Å²) in [4.78, 5) is 16.2. The van der Waals surface area contributed by atoms with E-state index >= 15 is 0 Å². The minimum absolute atomic E-state index is 0. The fourth-order valence-corrected chi connectivity index (χ4v) is 6.53. The normalized spacial score (nSPS) is 16.1. The van der Waals surface area contributed by atoms with Crippen molar-refractivity contribution in [2.45, 2.75) is 62.0 Å². The van der Waals surface area contributed by atoms with Crippen LogP contribution >= 0.6 is 40.1 Å². The number of likely N-dealkylation sites (tertiary alicyclic amines) is 1. The van der Waals surface area contributed by atoms with Crippen molar-refractivity contribution in [3.05, 3.63) is 57.2 Å². The Morgan fingerprint density at radius 3 is 2.55 bits per heavy atom. The van der Waals surface area contributed by atoms with Gasteiger partial charge in [-0.15, -0.1) is 24.2 Å². The predicted octanol–water partition coefficient (Wildman–Crippen LogP) is 7.95. The van der Waals surface area contributed by atoms with E-state index in [9.17, 15) is 23.1 Å². The summed E-state index contributed by atoms with van der Waals surface area (Å²) < 4.78 is 48.0. The third-order valence-corrected chi connectivity index (χ3v) is 8.54. The lowest BCUT2D eigenvalue weighted by Gasteiger charge is -2.18. The molecule has 1 N–H and O–H groups in total. The summed E-state index contributed by atoms with van der Waals surface area (Å²) in [7, 11) is 0. The molecule has 0 atom stereocenters. The number of esters is 1. The van der Waals surface area contributed by atoms with Crippen molar-refractivity contribution in [3.63, 3.8) is 0 Å². The first kappa shape index (κ1) is 29.1. The maximum Gasteiger partial charge on any atom is 0.416 e. The summed E-state index contributed by atoms with van der Waals surface area (Å²) in [6.07, 6.45) is -0.348. The van der Waals surface area contributed by atoms with Gasteiger partial charge in [-0.3, -0.25) is 4.90 Å². The van der Waals surface area contributed by atoms with Crippen LogP contribution < -0.4 is 0 Å². The van der Waals surface area contributed by atoms with Gasteiger partial charge in [-0.2, -0.15) is 13.2 Å². The van der Waals surface area contributed by atoms with Crippen LogP contribution in [0.1, 0.15) is 65.8 Å². The fraction of sp³-hybridized carbons (Fsp3) is 0.444. The van der Waals surface area contributed by atoms with Crippen LogP contribution in [0.15, 0.2) is 39.7 Å². The number of halogens is 5. The summed E-state index contributed by atoms with van der Waals surface area (Å²) in [6, 6.07) is 7.28. The van der Waals surface area contributed by atoms with Gasteiger partial charge in [0.1, 0.15) is 5.75 Å². The number of rotatable bonds is 8. The number of alkyl halides is 3. The molecule has 2 aliphatic rings. The quantitative estimate of drug-likeness (QED) is 0.202. The van der Waals surface area contributed by atoms with Gasteiger partial charge in [-0.1, -0.05) is 6.07 Å². The molecule has 0 bridgehead atoms. The summed E-state index contributed by atoms with van der Waals surface area (Å²) >= 11 is 4.78. The molecule has 3 aromatic rings. The summed E-state index contributed by atoms with van der Waals surface area (Å²) in [5.41, 5.74) is 1.94. The van der Waals surface area contributed by atoms with Crippen LogP contribution in [0, 0.1) is 0 Å². The molecule has 2 heterocycles. The lowest BCUT2D eigenvalue weighted by atomic mass is 10.0. The first-order valence-corrected chi connectivity index (χ1v) is 14.2. The Hall–Kier alpha value is -1.88. The van der Waals surface area contributed by atoms with Gasteiger partial charge in [-0.25, -0.2) is 4.79 Å². The highest BCUT2D eigenvalue weighted by Gasteiger charge is 2.35. The van der Waals surface area contributed by atoms with E-state index in [1.165, 1.54) is 17.8 Å². The highest BCUT2D eigenvalue weighted by Crippen LogP contribution is 2.47. The van der Waals surface area contributed by atoms with Crippen LogP contribution in [0.3, 0.4) is 0 Å². The van der Waals surface area contributed by atoms with Crippen LogP contribution in [-0.2, 0) is 23.2 Å². The molecular formula is C27H29BrClF3N2O3S. The number of fused-ring (bicyclic) bond motifs is 1. The van der Waals surface area contributed by atoms with Gasteiger partial charge in [0.15, 0.2) is 0 Å². The van der Waals surface area contributed by atoms with E-state index in [1.54, 1.807) is 13.0 Å². The second kappa shape index (κ2) is 11.7. The van der Waals surface area contributed by atoms with E-state index in [-0.39, 0.29) is 30.8 Å². The van der Waals surface area contributed by atoms with Crippen molar-refractivity contribution in [1.82, 2.24) is 9.47 Å². The van der Waals surface area contributed by atoms with E-state index in [0.717, 1.165) is 62.1 Å². The van der Waals surface area contributed by atoms with Crippen LogP contribution in [-0.4, -0.2) is 40.2 Å². The molecule has 38 heavy (non-hydrogen) atoms. The monoisotopic (exact) mass is 632 g/mol. The van der Waals surface area contributed by atoms with Crippen molar-refractivity contribution in [1.29, 1.82) is 0 Å². The molecular weight excluding hydrogens is 605 g/mol. The van der Waals surface area contributed by atoms with Crippen molar-refractivity contribution in [3.8, 4) is 5.75 Å². The zero-order chi connectivity index (χ0) is 26.3. The highest BCUT2D eigenvalue weighted by atomic mass is 79.9. The summed E-state index contributed by atoms with van der Waals surface area (Å²) in [5, 5.41) is 11.8. The van der Waals surface area contributed by atoms with E-state index in [4.69, 9.17) is 4.74 Å². The fourth-order valence-electron chi connectivity index (χ4n) is 5.10. The largest absolute Gasteiger partial charge is 0.506 e. The maximum absolute atomic E-state index is 13.4. The molecule has 1 aliphatic heterocycles. The lowest BCUT2D eigenvalue weighted by molar-refractivity contribution is -0.137. The number of benzene rings is 2. The molecule has 5 nitrogen and oxygen atoms in total. The Morgan fingerprint density at radius 1 is 1.21 bits per heavy atom. The molecule has 0 radical (unpaired) electrons. The third kappa shape index (κ3) is 5.83. The molecule has 0 amide bonds. The standard InChI is InChI=1S/C27H28BrF3N2O3S.ClH/c1-2-36-26(35)24-22(15-37-18-7-5-6-16(12-18)27(29,30)31)33(17-8-9-17)21-13-20(28)25(34)19(23(21)24)14-32-10-3-4-11-32;/h5-7,12-13,17,34H,2-4,8-11,14-15H2,1H3;1H. The van der Waals surface area contributed by atoms with E-state index < -0.39 is 17.7 Å². The minimum Gasteiger partial charge on any atom is -0.506 e. The molecule has 206 valence electrons. The number of nitrogens with zero attached hydrogens (tertiary/aromatic N) is 2. The zero-order valence-electron chi connectivity index (χ0n) is 20.8. The highest BCUT2D eigenvalue weighted by molar-refractivity contribution is 9.10. The number of aromatic nitrogens is 1. The Kier molecular flexibility index (Phi) is 8.96. The summed E-state index contributed by atoms with van der Waals surface area (Å²) in [6.45, 7) is 4.28. The average molecular weight is 634 g/mol. The van der Waals surface area contributed by atoms with Crippen molar-refractivity contribution in [2.24, 2.45) is 0 Å². The smallest absolute Gasteiger partial charge is 0.416 e. The molecule has 2 fully saturated rings. The Morgan fingerprint density at radius 2 is 1.92 bits per heavy atom. The number of phenolic OH excluding ortho intramolecular Hbond substituents is 1. The van der Waals surface area contributed by atoms with Crippen LogP contribution in [0.5, 0.6) is 5.75 Å². The molecule has 1 saturated heterocycles. The van der Waals surface area contributed by atoms with Gasteiger partial charge in [0.2, 0.25) is 0 Å². The Balaban J connectivity index is 0.00000336. The number of phenols is 1. The van der Waals surface area contributed by atoms with Gasteiger partial charge < -0.3 is 14.4 Å². The molecule has 0 spiro atoms. The minimum atomic E-state index is -4.43. The molecule has 1 aromatic heterocycles. The van der Waals surface area contributed by atoms with Gasteiger partial charge in [0.05, 0.1) is 27.7 Å². The van der Waals surface area contributed by atoms with E-state index in [1.807, 2.05) is 6.07 Å². The summed E-state index contributed by atoms with van der Waals surface area (Å²) in [5.74, 6) is -0.0757. The number of thioether (sulfide) groups is 1. The van der Waals surface area contributed by atoms with Crippen molar-refractivity contribution in [2.75, 3.05) is 19.7 Å². The van der Waals surface area contributed by atoms with Crippen LogP contribution in [0.25, 0.3) is 10.9 Å². The number of carbonyl (C=O) groups excluding carboxylic acids is 1.